The van der Waals surface area contributed by atoms with Gasteiger partial charge in [0.15, 0.2) is 6.04 Å². The molecule has 0 radical (unpaired) electrons. The molecule has 0 bridgehead atoms. The van der Waals surface area contributed by atoms with Crippen LogP contribution in [0.4, 0.5) is 4.79 Å². The first-order valence-electron chi connectivity index (χ1n) is 6.08. The van der Waals surface area contributed by atoms with E-state index < -0.39 is 23.7 Å². The first-order chi connectivity index (χ1) is 9.10. The Morgan fingerprint density at radius 1 is 1.35 bits per heavy atom. The number of aryl methyl sites for hydroxylation is 1. The van der Waals surface area contributed by atoms with Gasteiger partial charge in [-0.25, -0.2) is 9.59 Å². The quantitative estimate of drug-likeness (QED) is 0.898. The van der Waals surface area contributed by atoms with E-state index in [4.69, 9.17) is 16.3 Å². The fourth-order valence-corrected chi connectivity index (χ4v) is 1.68. The van der Waals surface area contributed by atoms with Crippen molar-refractivity contribution in [3.63, 3.8) is 0 Å². The smallest absolute Gasteiger partial charge is 0.408 e. The third-order valence-corrected chi connectivity index (χ3v) is 2.85. The predicted octanol–water partition coefficient (Wildman–Crippen LogP) is 3.30. The number of ether oxygens (including phenoxy) is 1. The summed E-state index contributed by atoms with van der Waals surface area (Å²) in [5.74, 6) is -1.17. The van der Waals surface area contributed by atoms with Gasteiger partial charge in [-0.1, -0.05) is 23.7 Å². The molecule has 6 heteroatoms. The molecule has 1 atom stereocenters. The molecule has 20 heavy (non-hydrogen) atoms. The van der Waals surface area contributed by atoms with Crippen LogP contribution >= 0.6 is 11.6 Å². The van der Waals surface area contributed by atoms with Crippen LogP contribution < -0.4 is 5.32 Å². The van der Waals surface area contributed by atoms with E-state index in [-0.39, 0.29) is 0 Å². The number of nitrogens with one attached hydrogen (secondary N) is 1. The molecule has 1 aromatic carbocycles. The Hall–Kier alpha value is -1.75. The molecule has 5 nitrogen and oxygen atoms in total. The van der Waals surface area contributed by atoms with Crippen molar-refractivity contribution in [2.45, 2.75) is 39.3 Å². The zero-order valence-electron chi connectivity index (χ0n) is 11.9. The Morgan fingerprint density at radius 3 is 2.40 bits per heavy atom. The SMILES string of the molecule is Cc1cc(C(NC(=O)OC(C)(C)C)C(=O)O)ccc1Cl. The van der Waals surface area contributed by atoms with E-state index in [0.29, 0.717) is 10.6 Å². The van der Waals surface area contributed by atoms with Crippen molar-refractivity contribution < 1.29 is 19.4 Å². The first-order valence-corrected chi connectivity index (χ1v) is 6.46. The van der Waals surface area contributed by atoms with Gasteiger partial charge >= 0.3 is 12.1 Å². The lowest BCUT2D eigenvalue weighted by Gasteiger charge is -2.22. The van der Waals surface area contributed by atoms with Crippen LogP contribution in [-0.4, -0.2) is 22.8 Å². The predicted molar refractivity (Wildman–Crippen MR) is 75.9 cm³/mol. The number of carboxylic acid groups (broad SMARTS) is 1. The third-order valence-electron chi connectivity index (χ3n) is 2.42. The summed E-state index contributed by atoms with van der Waals surface area (Å²) in [5, 5.41) is 12.1. The number of aliphatic carboxylic acids is 1. The van der Waals surface area contributed by atoms with Crippen molar-refractivity contribution in [3.05, 3.63) is 34.3 Å². The van der Waals surface area contributed by atoms with Crippen LogP contribution in [-0.2, 0) is 9.53 Å². The van der Waals surface area contributed by atoms with Gasteiger partial charge in [0.05, 0.1) is 0 Å². The highest BCUT2D eigenvalue weighted by molar-refractivity contribution is 6.31. The van der Waals surface area contributed by atoms with Crippen LogP contribution in [0.1, 0.15) is 37.9 Å². The summed E-state index contributed by atoms with van der Waals surface area (Å²) >= 11 is 5.90. The van der Waals surface area contributed by atoms with Crippen molar-refractivity contribution in [3.8, 4) is 0 Å². The Labute approximate surface area is 122 Å². The third kappa shape index (κ3) is 4.74. The lowest BCUT2D eigenvalue weighted by Crippen LogP contribution is -2.38. The average Bonchev–Trinajstić information content (AvgIpc) is 2.27. The van der Waals surface area contributed by atoms with Crippen molar-refractivity contribution in [2.75, 3.05) is 0 Å². The molecular formula is C14H18ClNO4. The maximum Gasteiger partial charge on any atom is 0.408 e. The summed E-state index contributed by atoms with van der Waals surface area (Å²) in [4.78, 5) is 23.0. The Bertz CT molecular complexity index is 522. The Balaban J connectivity index is 2.92. The first kappa shape index (κ1) is 16.3. The number of halogens is 1. The fourth-order valence-electron chi connectivity index (χ4n) is 1.56. The molecule has 1 amide bonds. The van der Waals surface area contributed by atoms with E-state index >= 15 is 0 Å². The van der Waals surface area contributed by atoms with Crippen molar-refractivity contribution in [1.29, 1.82) is 0 Å². The number of carbonyl (C=O) groups excluding carboxylic acids is 1. The molecular weight excluding hydrogens is 282 g/mol. The van der Waals surface area contributed by atoms with Crippen molar-refractivity contribution in [1.82, 2.24) is 5.32 Å². The molecule has 0 aliphatic heterocycles. The number of alkyl carbamates (subject to hydrolysis) is 1. The number of rotatable bonds is 3. The number of benzene rings is 1. The zero-order chi connectivity index (χ0) is 15.5. The molecule has 0 saturated heterocycles. The Morgan fingerprint density at radius 2 is 1.95 bits per heavy atom. The molecule has 0 aliphatic carbocycles. The van der Waals surface area contributed by atoms with Crippen LogP contribution in [0.3, 0.4) is 0 Å². The van der Waals surface area contributed by atoms with Crippen LogP contribution in [0.5, 0.6) is 0 Å². The van der Waals surface area contributed by atoms with Gasteiger partial charge in [0.2, 0.25) is 0 Å². The minimum atomic E-state index is -1.18. The molecule has 0 aliphatic rings. The molecule has 0 spiro atoms. The highest BCUT2D eigenvalue weighted by Gasteiger charge is 2.25. The summed E-state index contributed by atoms with van der Waals surface area (Å²) in [7, 11) is 0. The van der Waals surface area contributed by atoms with Gasteiger partial charge in [-0.05, 0) is 44.9 Å². The lowest BCUT2D eigenvalue weighted by atomic mass is 10.0. The molecule has 1 rings (SSSR count). The molecule has 0 saturated carbocycles. The van der Waals surface area contributed by atoms with E-state index in [0.717, 1.165) is 5.56 Å². The maximum atomic E-state index is 11.7. The highest BCUT2D eigenvalue weighted by Crippen LogP contribution is 2.21. The van der Waals surface area contributed by atoms with Gasteiger partial charge in [0, 0.05) is 5.02 Å². The summed E-state index contributed by atoms with van der Waals surface area (Å²) in [6.07, 6.45) is -0.780. The van der Waals surface area contributed by atoms with Gasteiger partial charge in [-0.2, -0.15) is 0 Å². The van der Waals surface area contributed by atoms with E-state index in [1.165, 1.54) is 0 Å². The second-order valence-electron chi connectivity index (χ2n) is 5.43. The fraction of sp³-hybridized carbons (Fsp3) is 0.429. The topological polar surface area (TPSA) is 75.6 Å². The minimum Gasteiger partial charge on any atom is -0.479 e. The number of carboxylic acids is 1. The van der Waals surface area contributed by atoms with E-state index in [1.807, 2.05) is 0 Å². The molecule has 0 aromatic heterocycles. The second kappa shape index (κ2) is 6.13. The number of carbonyl (C=O) groups is 2. The van der Waals surface area contributed by atoms with Gasteiger partial charge in [-0.15, -0.1) is 0 Å². The van der Waals surface area contributed by atoms with Crippen LogP contribution in [0.15, 0.2) is 18.2 Å². The monoisotopic (exact) mass is 299 g/mol. The molecule has 0 fully saturated rings. The highest BCUT2D eigenvalue weighted by atomic mass is 35.5. The summed E-state index contributed by atoms with van der Waals surface area (Å²) in [5.41, 5.74) is 0.481. The van der Waals surface area contributed by atoms with Gasteiger partial charge in [-0.3, -0.25) is 0 Å². The van der Waals surface area contributed by atoms with Crippen molar-refractivity contribution in [2.24, 2.45) is 0 Å². The summed E-state index contributed by atoms with van der Waals surface area (Å²) in [6, 6.07) is 3.60. The molecule has 110 valence electrons. The normalized spacial score (nSPS) is 12.7. The van der Waals surface area contributed by atoms with Crippen LogP contribution in [0.2, 0.25) is 5.02 Å². The van der Waals surface area contributed by atoms with E-state index in [2.05, 4.69) is 5.32 Å². The lowest BCUT2D eigenvalue weighted by molar-refractivity contribution is -0.139. The number of amides is 1. The zero-order valence-corrected chi connectivity index (χ0v) is 12.6. The minimum absolute atomic E-state index is 0.435. The number of hydrogen-bond donors (Lipinski definition) is 2. The van der Waals surface area contributed by atoms with Crippen molar-refractivity contribution >= 4 is 23.7 Å². The van der Waals surface area contributed by atoms with Gasteiger partial charge in [0.25, 0.3) is 0 Å². The molecule has 1 unspecified atom stereocenters. The average molecular weight is 300 g/mol. The Kier molecular flexibility index (Phi) is 5.00. The largest absolute Gasteiger partial charge is 0.479 e. The maximum absolute atomic E-state index is 11.7. The van der Waals surface area contributed by atoms with Gasteiger partial charge in [0.1, 0.15) is 5.60 Å². The number of hydrogen-bond acceptors (Lipinski definition) is 3. The molecule has 2 N–H and O–H groups in total. The standard InChI is InChI=1S/C14H18ClNO4/c1-8-7-9(5-6-10(8)15)11(12(17)18)16-13(19)20-14(2,3)4/h5-7,11H,1-4H3,(H,16,19)(H,17,18). The van der Waals surface area contributed by atoms with Crippen LogP contribution in [0.25, 0.3) is 0 Å². The van der Waals surface area contributed by atoms with E-state index in [1.54, 1.807) is 45.9 Å². The summed E-state index contributed by atoms with van der Waals surface area (Å²) in [6.45, 7) is 6.87. The van der Waals surface area contributed by atoms with E-state index in [9.17, 15) is 14.7 Å². The summed E-state index contributed by atoms with van der Waals surface area (Å²) < 4.78 is 5.05. The molecule has 1 aromatic rings. The molecule has 0 heterocycles. The van der Waals surface area contributed by atoms with Gasteiger partial charge < -0.3 is 15.2 Å². The van der Waals surface area contributed by atoms with Crippen LogP contribution in [0, 0.1) is 6.92 Å². The second-order valence-corrected chi connectivity index (χ2v) is 5.83.